The van der Waals surface area contributed by atoms with Crippen LogP contribution in [-0.2, 0) is 4.74 Å². The molecule has 0 saturated carbocycles. The van der Waals surface area contributed by atoms with Gasteiger partial charge in [0.05, 0.1) is 24.2 Å². The second-order valence-corrected chi connectivity index (χ2v) is 5.72. The maximum atomic E-state index is 10.7. The van der Waals surface area contributed by atoms with Crippen molar-refractivity contribution in [2.24, 2.45) is 0 Å². The Hall–Kier alpha value is -1.22. The summed E-state index contributed by atoms with van der Waals surface area (Å²) >= 11 is 3.29. The molecule has 21 heavy (non-hydrogen) atoms. The van der Waals surface area contributed by atoms with Gasteiger partial charge in [0.25, 0.3) is 5.69 Å². The van der Waals surface area contributed by atoms with Crippen molar-refractivity contribution in [3.63, 3.8) is 0 Å². The molecule has 2 N–H and O–H groups in total. The van der Waals surface area contributed by atoms with E-state index in [2.05, 4.69) is 26.1 Å². The normalized spacial score (nSPS) is 17.4. The van der Waals surface area contributed by atoms with Crippen molar-refractivity contribution in [1.29, 1.82) is 0 Å². The SMILES string of the molecule is O=[N+]([O-])c1ccc(NCC(O)CN2CCOCC2)c(Br)c1. The van der Waals surface area contributed by atoms with Crippen molar-refractivity contribution < 1.29 is 14.8 Å². The number of benzene rings is 1. The van der Waals surface area contributed by atoms with Crippen molar-refractivity contribution >= 4 is 27.3 Å². The van der Waals surface area contributed by atoms with Crippen LogP contribution in [0.2, 0.25) is 0 Å². The number of hydrogen-bond donors (Lipinski definition) is 2. The highest BCUT2D eigenvalue weighted by Crippen LogP contribution is 2.26. The molecular formula is C13H18BrN3O4. The maximum absolute atomic E-state index is 10.7. The van der Waals surface area contributed by atoms with E-state index in [4.69, 9.17) is 4.74 Å². The molecule has 0 spiro atoms. The first-order valence-corrected chi connectivity index (χ1v) is 7.51. The molecule has 1 heterocycles. The highest BCUT2D eigenvalue weighted by molar-refractivity contribution is 9.10. The van der Waals surface area contributed by atoms with Gasteiger partial charge >= 0.3 is 0 Å². The zero-order valence-corrected chi connectivity index (χ0v) is 13.1. The molecule has 1 aliphatic heterocycles. The summed E-state index contributed by atoms with van der Waals surface area (Å²) in [7, 11) is 0. The summed E-state index contributed by atoms with van der Waals surface area (Å²) in [5, 5.41) is 23.8. The van der Waals surface area contributed by atoms with E-state index in [1.807, 2.05) is 0 Å². The van der Waals surface area contributed by atoms with Gasteiger partial charge in [-0.15, -0.1) is 0 Å². The Bertz CT molecular complexity index is 494. The molecule has 0 amide bonds. The van der Waals surface area contributed by atoms with Crippen molar-refractivity contribution in [1.82, 2.24) is 4.90 Å². The fraction of sp³-hybridized carbons (Fsp3) is 0.538. The van der Waals surface area contributed by atoms with Crippen LogP contribution in [0.5, 0.6) is 0 Å². The van der Waals surface area contributed by atoms with Gasteiger partial charge in [-0.25, -0.2) is 0 Å². The molecule has 1 aliphatic rings. The summed E-state index contributed by atoms with van der Waals surface area (Å²) in [6, 6.07) is 4.50. The molecule has 1 aromatic rings. The Balaban J connectivity index is 1.83. The van der Waals surface area contributed by atoms with E-state index >= 15 is 0 Å². The minimum absolute atomic E-state index is 0.0290. The molecule has 2 rings (SSSR count). The Labute approximate surface area is 131 Å². The van der Waals surface area contributed by atoms with E-state index in [9.17, 15) is 15.2 Å². The van der Waals surface area contributed by atoms with E-state index in [0.717, 1.165) is 18.8 Å². The summed E-state index contributed by atoms with van der Waals surface area (Å²) < 4.78 is 5.86. The molecule has 116 valence electrons. The average molecular weight is 360 g/mol. The molecule has 1 aromatic carbocycles. The van der Waals surface area contributed by atoms with Gasteiger partial charge in [0.1, 0.15) is 0 Å². The molecule has 1 saturated heterocycles. The number of non-ortho nitro benzene ring substituents is 1. The summed E-state index contributed by atoms with van der Waals surface area (Å²) in [6.45, 7) is 4.04. The van der Waals surface area contributed by atoms with Gasteiger partial charge in [-0.05, 0) is 22.0 Å². The van der Waals surface area contributed by atoms with E-state index in [0.29, 0.717) is 30.8 Å². The third-order valence-electron chi connectivity index (χ3n) is 3.26. The van der Waals surface area contributed by atoms with Gasteiger partial charge < -0.3 is 15.2 Å². The summed E-state index contributed by atoms with van der Waals surface area (Å²) in [5.41, 5.74) is 0.753. The topological polar surface area (TPSA) is 87.9 Å². The number of anilines is 1. The van der Waals surface area contributed by atoms with Gasteiger partial charge in [-0.2, -0.15) is 0 Å². The fourth-order valence-electron chi connectivity index (χ4n) is 2.14. The smallest absolute Gasteiger partial charge is 0.270 e. The van der Waals surface area contributed by atoms with Crippen LogP contribution < -0.4 is 5.32 Å². The number of β-amino-alcohol motifs (C(OH)–C–C–N with tert-alkyl or cyclic N) is 1. The number of aliphatic hydroxyl groups excluding tert-OH is 1. The number of nitrogens with zero attached hydrogens (tertiary/aromatic N) is 2. The predicted octanol–water partition coefficient (Wildman–Crippen LogP) is 1.46. The third kappa shape index (κ3) is 4.92. The minimum Gasteiger partial charge on any atom is -0.390 e. The van der Waals surface area contributed by atoms with E-state index in [1.165, 1.54) is 12.1 Å². The average Bonchev–Trinajstić information content (AvgIpc) is 2.47. The third-order valence-corrected chi connectivity index (χ3v) is 3.92. The van der Waals surface area contributed by atoms with Crippen molar-refractivity contribution in [3.8, 4) is 0 Å². The Morgan fingerprint density at radius 2 is 2.19 bits per heavy atom. The predicted molar refractivity (Wildman–Crippen MR) is 82.6 cm³/mol. The number of ether oxygens (including phenoxy) is 1. The lowest BCUT2D eigenvalue weighted by Crippen LogP contribution is -2.42. The molecule has 1 unspecified atom stereocenters. The number of nitro groups is 1. The fourth-order valence-corrected chi connectivity index (χ4v) is 2.64. The van der Waals surface area contributed by atoms with Gasteiger partial charge in [0.15, 0.2) is 0 Å². The number of morpholine rings is 1. The number of nitrogens with one attached hydrogen (secondary N) is 1. The zero-order chi connectivity index (χ0) is 15.2. The first-order chi connectivity index (χ1) is 10.1. The highest BCUT2D eigenvalue weighted by Gasteiger charge is 2.15. The molecule has 1 atom stereocenters. The van der Waals surface area contributed by atoms with Crippen LogP contribution in [0.4, 0.5) is 11.4 Å². The number of halogens is 1. The van der Waals surface area contributed by atoms with Crippen LogP contribution in [0.1, 0.15) is 0 Å². The van der Waals surface area contributed by atoms with Gasteiger partial charge in [-0.1, -0.05) is 0 Å². The van der Waals surface area contributed by atoms with Crippen LogP contribution in [0.3, 0.4) is 0 Å². The van der Waals surface area contributed by atoms with E-state index in [1.54, 1.807) is 6.07 Å². The van der Waals surface area contributed by atoms with Gasteiger partial charge in [0, 0.05) is 48.5 Å². The largest absolute Gasteiger partial charge is 0.390 e. The van der Waals surface area contributed by atoms with Crippen LogP contribution in [0, 0.1) is 10.1 Å². The lowest BCUT2D eigenvalue weighted by Gasteiger charge is -2.28. The summed E-state index contributed by atoms with van der Waals surface area (Å²) in [4.78, 5) is 12.4. The lowest BCUT2D eigenvalue weighted by molar-refractivity contribution is -0.384. The maximum Gasteiger partial charge on any atom is 0.270 e. The molecular weight excluding hydrogens is 342 g/mol. The molecule has 0 radical (unpaired) electrons. The van der Waals surface area contributed by atoms with Crippen molar-refractivity contribution in [3.05, 3.63) is 32.8 Å². The van der Waals surface area contributed by atoms with Gasteiger partial charge in [0.2, 0.25) is 0 Å². The molecule has 8 heteroatoms. The summed E-state index contributed by atoms with van der Waals surface area (Å²) in [6.07, 6.45) is -0.509. The van der Waals surface area contributed by atoms with Crippen LogP contribution in [0.25, 0.3) is 0 Å². The molecule has 0 aliphatic carbocycles. The number of hydrogen-bond acceptors (Lipinski definition) is 6. The second-order valence-electron chi connectivity index (χ2n) is 4.87. The van der Waals surface area contributed by atoms with Crippen LogP contribution >= 0.6 is 15.9 Å². The molecule has 7 nitrogen and oxygen atoms in total. The van der Waals surface area contributed by atoms with E-state index in [-0.39, 0.29) is 5.69 Å². The minimum atomic E-state index is -0.509. The van der Waals surface area contributed by atoms with Crippen LogP contribution in [-0.4, -0.2) is 60.4 Å². The summed E-state index contributed by atoms with van der Waals surface area (Å²) in [5.74, 6) is 0. The number of rotatable bonds is 6. The standard InChI is InChI=1S/C13H18BrN3O4/c14-12-7-10(17(19)20)1-2-13(12)15-8-11(18)9-16-3-5-21-6-4-16/h1-2,7,11,15,18H,3-6,8-9H2. The van der Waals surface area contributed by atoms with Crippen molar-refractivity contribution in [2.75, 3.05) is 44.7 Å². The molecule has 1 fully saturated rings. The second kappa shape index (κ2) is 7.69. The number of aliphatic hydroxyl groups is 1. The monoisotopic (exact) mass is 359 g/mol. The zero-order valence-electron chi connectivity index (χ0n) is 11.5. The lowest BCUT2D eigenvalue weighted by atomic mass is 10.2. The Morgan fingerprint density at radius 1 is 1.48 bits per heavy atom. The van der Waals surface area contributed by atoms with Crippen molar-refractivity contribution in [2.45, 2.75) is 6.10 Å². The van der Waals surface area contributed by atoms with Crippen LogP contribution in [0.15, 0.2) is 22.7 Å². The van der Waals surface area contributed by atoms with E-state index < -0.39 is 11.0 Å². The quantitative estimate of drug-likeness (QED) is 0.590. The first-order valence-electron chi connectivity index (χ1n) is 6.72. The van der Waals surface area contributed by atoms with Gasteiger partial charge in [-0.3, -0.25) is 15.0 Å². The Kier molecular flexibility index (Phi) is 5.92. The molecule has 0 aromatic heterocycles. The number of nitro benzene ring substituents is 1. The first kappa shape index (κ1) is 16.2. The highest BCUT2D eigenvalue weighted by atomic mass is 79.9. The molecule has 0 bridgehead atoms. The Morgan fingerprint density at radius 3 is 2.81 bits per heavy atom.